The SMILES string of the molecule is CCOc1cc(/C=N/NC(=O)c2cc3cc(Br)ccc3o2)c(Br)cc1OCC#N. The van der Waals surface area contributed by atoms with Crippen LogP contribution >= 0.6 is 31.9 Å². The van der Waals surface area contributed by atoms with Crippen molar-refractivity contribution in [3.63, 3.8) is 0 Å². The maximum atomic E-state index is 12.3. The van der Waals surface area contributed by atoms with E-state index in [1.807, 2.05) is 25.1 Å². The summed E-state index contributed by atoms with van der Waals surface area (Å²) in [4.78, 5) is 12.3. The Kier molecular flexibility index (Phi) is 6.90. The minimum Gasteiger partial charge on any atom is -0.490 e. The van der Waals surface area contributed by atoms with Crippen molar-refractivity contribution in [2.45, 2.75) is 6.92 Å². The molecule has 0 aliphatic rings. The lowest BCUT2D eigenvalue weighted by molar-refractivity contribution is 0.0929. The van der Waals surface area contributed by atoms with Crippen LogP contribution in [0.3, 0.4) is 0 Å². The number of fused-ring (bicyclic) bond motifs is 1. The molecule has 0 aliphatic heterocycles. The number of halogens is 2. The van der Waals surface area contributed by atoms with Gasteiger partial charge in [-0.05, 0) is 59.3 Å². The van der Waals surface area contributed by atoms with Crippen LogP contribution < -0.4 is 14.9 Å². The number of benzene rings is 2. The number of carbonyl (C=O) groups is 1. The van der Waals surface area contributed by atoms with Crippen molar-refractivity contribution in [3.8, 4) is 17.6 Å². The molecular formula is C20H15Br2N3O4. The summed E-state index contributed by atoms with van der Waals surface area (Å²) in [5, 5.41) is 13.5. The van der Waals surface area contributed by atoms with Gasteiger partial charge >= 0.3 is 5.91 Å². The smallest absolute Gasteiger partial charge is 0.307 e. The molecule has 1 heterocycles. The lowest BCUT2D eigenvalue weighted by atomic mass is 10.2. The maximum absolute atomic E-state index is 12.3. The summed E-state index contributed by atoms with van der Waals surface area (Å²) < 4.78 is 18.0. The van der Waals surface area contributed by atoms with Crippen molar-refractivity contribution >= 4 is 55.0 Å². The van der Waals surface area contributed by atoms with Gasteiger partial charge in [0.2, 0.25) is 0 Å². The fourth-order valence-corrected chi connectivity index (χ4v) is 3.29. The fraction of sp³-hybridized carbons (Fsp3) is 0.150. The molecule has 0 fully saturated rings. The summed E-state index contributed by atoms with van der Waals surface area (Å²) in [6, 6.07) is 12.4. The molecule has 0 aliphatic carbocycles. The molecule has 3 aromatic rings. The summed E-state index contributed by atoms with van der Waals surface area (Å²) in [6.07, 6.45) is 1.47. The number of nitriles is 1. The number of hydrazone groups is 1. The second-order valence-electron chi connectivity index (χ2n) is 5.69. The molecular weight excluding hydrogens is 506 g/mol. The van der Waals surface area contributed by atoms with E-state index in [1.165, 1.54) is 6.21 Å². The summed E-state index contributed by atoms with van der Waals surface area (Å²) in [5.41, 5.74) is 3.71. The maximum Gasteiger partial charge on any atom is 0.307 e. The third kappa shape index (κ3) is 5.16. The molecule has 0 atom stereocenters. The highest BCUT2D eigenvalue weighted by Crippen LogP contribution is 2.33. The number of hydrogen-bond acceptors (Lipinski definition) is 6. The van der Waals surface area contributed by atoms with Crippen molar-refractivity contribution < 1.29 is 18.7 Å². The van der Waals surface area contributed by atoms with E-state index in [0.29, 0.717) is 33.7 Å². The highest BCUT2D eigenvalue weighted by molar-refractivity contribution is 9.10. The van der Waals surface area contributed by atoms with Gasteiger partial charge in [-0.25, -0.2) is 5.43 Å². The van der Waals surface area contributed by atoms with Crippen LogP contribution in [0, 0.1) is 11.3 Å². The minimum atomic E-state index is -0.469. The van der Waals surface area contributed by atoms with Crippen molar-refractivity contribution in [1.82, 2.24) is 5.43 Å². The number of carbonyl (C=O) groups excluding carboxylic acids is 1. The van der Waals surface area contributed by atoms with Gasteiger partial charge in [-0.15, -0.1) is 0 Å². The average molecular weight is 521 g/mol. The van der Waals surface area contributed by atoms with Crippen molar-refractivity contribution in [2.24, 2.45) is 5.10 Å². The Labute approximate surface area is 183 Å². The number of ether oxygens (including phenoxy) is 2. The molecule has 0 saturated heterocycles. The lowest BCUT2D eigenvalue weighted by Gasteiger charge is -2.12. The molecule has 3 rings (SSSR count). The van der Waals surface area contributed by atoms with Crippen LogP contribution in [0.15, 0.2) is 54.9 Å². The molecule has 0 unspecified atom stereocenters. The molecule has 1 N–H and O–H groups in total. The number of hydrogen-bond donors (Lipinski definition) is 1. The Bertz CT molecular complexity index is 1120. The van der Waals surface area contributed by atoms with E-state index in [1.54, 1.807) is 24.3 Å². The van der Waals surface area contributed by atoms with E-state index in [4.69, 9.17) is 19.2 Å². The van der Waals surface area contributed by atoms with Gasteiger partial charge in [0, 0.05) is 19.9 Å². The third-order valence-electron chi connectivity index (χ3n) is 3.73. The summed E-state index contributed by atoms with van der Waals surface area (Å²) in [6.45, 7) is 2.18. The van der Waals surface area contributed by atoms with Crippen LogP contribution in [-0.2, 0) is 0 Å². The molecule has 29 heavy (non-hydrogen) atoms. The van der Waals surface area contributed by atoms with E-state index >= 15 is 0 Å². The van der Waals surface area contributed by atoms with Gasteiger partial charge in [0.25, 0.3) is 0 Å². The molecule has 2 aromatic carbocycles. The molecule has 1 amide bonds. The van der Waals surface area contributed by atoms with Gasteiger partial charge in [-0.2, -0.15) is 10.4 Å². The largest absolute Gasteiger partial charge is 0.490 e. The van der Waals surface area contributed by atoms with Crippen LogP contribution in [0.4, 0.5) is 0 Å². The highest BCUT2D eigenvalue weighted by Gasteiger charge is 2.13. The van der Waals surface area contributed by atoms with E-state index in [9.17, 15) is 4.79 Å². The van der Waals surface area contributed by atoms with Crippen molar-refractivity contribution in [1.29, 1.82) is 5.26 Å². The summed E-state index contributed by atoms with van der Waals surface area (Å²) >= 11 is 6.80. The summed E-state index contributed by atoms with van der Waals surface area (Å²) in [7, 11) is 0. The number of furan rings is 1. The van der Waals surface area contributed by atoms with Crippen LogP contribution in [0.2, 0.25) is 0 Å². The van der Waals surface area contributed by atoms with E-state index in [-0.39, 0.29) is 12.4 Å². The average Bonchev–Trinajstić information content (AvgIpc) is 3.12. The second kappa shape index (κ2) is 9.58. The highest BCUT2D eigenvalue weighted by atomic mass is 79.9. The van der Waals surface area contributed by atoms with E-state index < -0.39 is 5.91 Å². The van der Waals surface area contributed by atoms with E-state index in [2.05, 4.69) is 42.4 Å². The van der Waals surface area contributed by atoms with Gasteiger partial charge in [0.1, 0.15) is 11.7 Å². The zero-order valence-electron chi connectivity index (χ0n) is 15.2. The number of nitrogens with zero attached hydrogens (tertiary/aromatic N) is 2. The molecule has 0 radical (unpaired) electrons. The molecule has 0 bridgehead atoms. The first-order chi connectivity index (χ1) is 14.0. The first-order valence-corrected chi connectivity index (χ1v) is 10.1. The molecule has 0 saturated carbocycles. The third-order valence-corrected chi connectivity index (χ3v) is 4.91. The van der Waals surface area contributed by atoms with Gasteiger partial charge in [0.05, 0.1) is 12.8 Å². The molecule has 7 nitrogen and oxygen atoms in total. The van der Waals surface area contributed by atoms with Gasteiger partial charge in [-0.1, -0.05) is 15.9 Å². The molecule has 9 heteroatoms. The Morgan fingerprint density at radius 2 is 2.03 bits per heavy atom. The zero-order valence-corrected chi connectivity index (χ0v) is 18.4. The predicted octanol–water partition coefficient (Wildman–Crippen LogP) is 5.02. The topological polar surface area (TPSA) is 96.8 Å². The molecule has 0 spiro atoms. The van der Waals surface area contributed by atoms with Crippen LogP contribution in [-0.4, -0.2) is 25.3 Å². The van der Waals surface area contributed by atoms with Gasteiger partial charge in [0.15, 0.2) is 23.9 Å². The zero-order chi connectivity index (χ0) is 20.8. The number of amides is 1. The Morgan fingerprint density at radius 3 is 2.79 bits per heavy atom. The second-order valence-corrected chi connectivity index (χ2v) is 7.46. The predicted molar refractivity (Wildman–Crippen MR) is 115 cm³/mol. The Balaban J connectivity index is 1.75. The molecule has 148 valence electrons. The normalized spacial score (nSPS) is 10.8. The first kappa shape index (κ1) is 20.9. The van der Waals surface area contributed by atoms with Crippen molar-refractivity contribution in [2.75, 3.05) is 13.2 Å². The lowest BCUT2D eigenvalue weighted by Crippen LogP contribution is -2.16. The first-order valence-electron chi connectivity index (χ1n) is 8.50. The standard InChI is InChI=1S/C20H15Br2N3O4/c1-2-27-17-9-13(15(22)10-18(17)28-6-5-23)11-24-25-20(26)19-8-12-7-14(21)3-4-16(12)29-19/h3-4,7-11H,2,6H2,1H3,(H,25,26)/b24-11+. The monoisotopic (exact) mass is 519 g/mol. The fourth-order valence-electron chi connectivity index (χ4n) is 2.48. The minimum absolute atomic E-state index is 0.0932. The van der Waals surface area contributed by atoms with E-state index in [0.717, 1.165) is 9.86 Å². The Hall–Kier alpha value is -2.83. The quantitative estimate of drug-likeness (QED) is 0.348. The van der Waals surface area contributed by atoms with Crippen LogP contribution in [0.25, 0.3) is 11.0 Å². The summed E-state index contributed by atoms with van der Waals surface area (Å²) in [5.74, 6) is 0.602. The number of rotatable bonds is 7. The molecule has 1 aromatic heterocycles. The van der Waals surface area contributed by atoms with Crippen LogP contribution in [0.5, 0.6) is 11.5 Å². The Morgan fingerprint density at radius 1 is 1.24 bits per heavy atom. The van der Waals surface area contributed by atoms with Gasteiger partial charge in [-0.3, -0.25) is 4.79 Å². The van der Waals surface area contributed by atoms with Crippen molar-refractivity contribution in [3.05, 3.63) is 56.7 Å². The number of nitrogens with one attached hydrogen (secondary N) is 1. The van der Waals surface area contributed by atoms with Gasteiger partial charge < -0.3 is 13.9 Å². The van der Waals surface area contributed by atoms with Crippen LogP contribution in [0.1, 0.15) is 23.0 Å².